The summed E-state index contributed by atoms with van der Waals surface area (Å²) in [6.45, 7) is 0. The molecule has 0 radical (unpaired) electrons. The van der Waals surface area contributed by atoms with Gasteiger partial charge in [-0.05, 0) is 12.1 Å². The molecule has 0 aliphatic heterocycles. The van der Waals surface area contributed by atoms with Crippen molar-refractivity contribution in [1.29, 1.82) is 0 Å². The second kappa shape index (κ2) is 9.16. The average molecular weight is 418 g/mol. The number of rotatable bonds is 8. The van der Waals surface area contributed by atoms with Crippen LogP contribution in [0.25, 0.3) is 0 Å². The summed E-state index contributed by atoms with van der Waals surface area (Å²) < 4.78 is 21.2. The number of nitrogens with zero attached hydrogens (tertiary/aromatic N) is 3. The second-order valence-electron chi connectivity index (χ2n) is 5.64. The lowest BCUT2D eigenvalue weighted by Gasteiger charge is -2.15. The first-order chi connectivity index (χ1) is 14.1. The van der Waals surface area contributed by atoms with E-state index >= 15 is 0 Å². The molecule has 0 aliphatic carbocycles. The van der Waals surface area contributed by atoms with Crippen LogP contribution in [0.4, 0.5) is 23.3 Å². The van der Waals surface area contributed by atoms with E-state index in [2.05, 4.69) is 25.6 Å². The SMILES string of the molecule is COc1ccc(Nc2nc(Nc3cc(OC)c(OC)c(OC)c3)ncc2Cl)nc1. The van der Waals surface area contributed by atoms with Gasteiger partial charge in [0.05, 0.1) is 40.8 Å². The molecular weight excluding hydrogens is 398 g/mol. The number of nitrogens with one attached hydrogen (secondary N) is 2. The van der Waals surface area contributed by atoms with Gasteiger partial charge in [0.2, 0.25) is 11.7 Å². The summed E-state index contributed by atoms with van der Waals surface area (Å²) in [5.41, 5.74) is 0.648. The van der Waals surface area contributed by atoms with Gasteiger partial charge in [-0.1, -0.05) is 11.6 Å². The van der Waals surface area contributed by atoms with Crippen molar-refractivity contribution in [3.8, 4) is 23.0 Å². The Morgan fingerprint density at radius 2 is 1.55 bits per heavy atom. The Kier molecular flexibility index (Phi) is 6.40. The molecular formula is C19H20ClN5O4. The highest BCUT2D eigenvalue weighted by molar-refractivity contribution is 6.32. The Balaban J connectivity index is 1.86. The minimum Gasteiger partial charge on any atom is -0.495 e. The Morgan fingerprint density at radius 3 is 2.10 bits per heavy atom. The molecule has 3 aromatic rings. The van der Waals surface area contributed by atoms with Crippen molar-refractivity contribution in [2.75, 3.05) is 39.1 Å². The molecule has 0 aliphatic rings. The quantitative estimate of drug-likeness (QED) is 0.562. The summed E-state index contributed by atoms with van der Waals surface area (Å²) in [7, 11) is 6.21. The zero-order valence-electron chi connectivity index (χ0n) is 16.3. The van der Waals surface area contributed by atoms with Gasteiger partial charge >= 0.3 is 0 Å². The van der Waals surface area contributed by atoms with Crippen LogP contribution in [-0.2, 0) is 0 Å². The molecule has 0 saturated carbocycles. The van der Waals surface area contributed by atoms with Crippen LogP contribution in [0.2, 0.25) is 5.02 Å². The van der Waals surface area contributed by atoms with Crippen LogP contribution in [0, 0.1) is 0 Å². The monoisotopic (exact) mass is 417 g/mol. The summed E-state index contributed by atoms with van der Waals surface area (Å²) in [6, 6.07) is 7.03. The van der Waals surface area contributed by atoms with Crippen molar-refractivity contribution in [3.63, 3.8) is 0 Å². The highest BCUT2D eigenvalue weighted by atomic mass is 35.5. The molecule has 152 valence electrons. The van der Waals surface area contributed by atoms with E-state index in [0.29, 0.717) is 51.3 Å². The van der Waals surface area contributed by atoms with Gasteiger partial charge in [-0.15, -0.1) is 0 Å². The molecule has 0 fully saturated rings. The molecule has 0 amide bonds. The van der Waals surface area contributed by atoms with E-state index in [9.17, 15) is 0 Å². The van der Waals surface area contributed by atoms with Crippen molar-refractivity contribution in [2.45, 2.75) is 0 Å². The van der Waals surface area contributed by atoms with E-state index in [1.165, 1.54) is 6.20 Å². The van der Waals surface area contributed by atoms with Crippen molar-refractivity contribution in [3.05, 3.63) is 41.7 Å². The highest BCUT2D eigenvalue weighted by Gasteiger charge is 2.14. The number of pyridine rings is 1. The maximum Gasteiger partial charge on any atom is 0.229 e. The molecule has 10 heteroatoms. The fraction of sp³-hybridized carbons (Fsp3) is 0.211. The van der Waals surface area contributed by atoms with E-state index < -0.39 is 0 Å². The predicted molar refractivity (Wildman–Crippen MR) is 110 cm³/mol. The maximum atomic E-state index is 6.22. The van der Waals surface area contributed by atoms with Crippen molar-refractivity contribution in [1.82, 2.24) is 15.0 Å². The van der Waals surface area contributed by atoms with Crippen LogP contribution >= 0.6 is 11.6 Å². The number of benzene rings is 1. The number of anilines is 4. The van der Waals surface area contributed by atoms with E-state index in [1.807, 2.05) is 0 Å². The van der Waals surface area contributed by atoms with Gasteiger partial charge in [-0.2, -0.15) is 4.98 Å². The molecule has 9 nitrogen and oxygen atoms in total. The van der Waals surface area contributed by atoms with Gasteiger partial charge in [-0.3, -0.25) is 0 Å². The predicted octanol–water partition coefficient (Wildman–Crippen LogP) is 4.05. The number of ether oxygens (including phenoxy) is 4. The minimum atomic E-state index is 0.319. The topological polar surface area (TPSA) is 99.7 Å². The molecule has 0 atom stereocenters. The van der Waals surface area contributed by atoms with Crippen LogP contribution in [0.1, 0.15) is 0 Å². The number of halogens is 1. The summed E-state index contributed by atoms with van der Waals surface area (Å²) in [6.07, 6.45) is 3.08. The van der Waals surface area contributed by atoms with Gasteiger partial charge in [-0.25, -0.2) is 9.97 Å². The number of hydrogen-bond donors (Lipinski definition) is 2. The standard InChI is InChI=1S/C19H20ClN5O4/c1-26-12-5-6-16(21-9-12)24-18-13(20)10-22-19(25-18)23-11-7-14(27-2)17(29-4)15(8-11)28-3/h5-10H,1-4H3,(H2,21,22,23,24,25). The highest BCUT2D eigenvalue weighted by Crippen LogP contribution is 2.40. The Bertz CT molecular complexity index is 960. The molecule has 2 N–H and O–H groups in total. The zero-order chi connectivity index (χ0) is 20.8. The van der Waals surface area contributed by atoms with Crippen molar-refractivity contribution < 1.29 is 18.9 Å². The van der Waals surface area contributed by atoms with Crippen molar-refractivity contribution >= 4 is 34.9 Å². The lowest BCUT2D eigenvalue weighted by molar-refractivity contribution is 0.324. The lowest BCUT2D eigenvalue weighted by Crippen LogP contribution is -2.03. The lowest BCUT2D eigenvalue weighted by atomic mass is 10.2. The molecule has 29 heavy (non-hydrogen) atoms. The van der Waals surface area contributed by atoms with E-state index in [0.717, 1.165) is 0 Å². The van der Waals surface area contributed by atoms with E-state index in [4.69, 9.17) is 30.5 Å². The number of methoxy groups -OCH3 is 4. The first-order valence-electron chi connectivity index (χ1n) is 8.44. The van der Waals surface area contributed by atoms with Crippen molar-refractivity contribution in [2.24, 2.45) is 0 Å². The summed E-state index contributed by atoms with van der Waals surface area (Å²) in [5, 5.41) is 6.50. The third-order valence-electron chi connectivity index (χ3n) is 3.88. The van der Waals surface area contributed by atoms with Crippen LogP contribution in [0.15, 0.2) is 36.7 Å². The minimum absolute atomic E-state index is 0.319. The Labute approximate surface area is 173 Å². The summed E-state index contributed by atoms with van der Waals surface area (Å²) >= 11 is 6.22. The van der Waals surface area contributed by atoms with Crippen LogP contribution in [0.3, 0.4) is 0 Å². The fourth-order valence-electron chi connectivity index (χ4n) is 2.49. The Morgan fingerprint density at radius 1 is 0.828 bits per heavy atom. The largest absolute Gasteiger partial charge is 0.495 e. The molecule has 3 rings (SSSR count). The van der Waals surface area contributed by atoms with Gasteiger partial charge in [0.1, 0.15) is 16.6 Å². The fourth-order valence-corrected chi connectivity index (χ4v) is 2.63. The summed E-state index contributed by atoms with van der Waals surface area (Å²) in [5.74, 6) is 3.42. The van der Waals surface area contributed by atoms with Gasteiger partial charge < -0.3 is 29.6 Å². The smallest absolute Gasteiger partial charge is 0.229 e. The van der Waals surface area contributed by atoms with Gasteiger partial charge in [0, 0.05) is 17.8 Å². The molecule has 2 heterocycles. The molecule has 2 aromatic heterocycles. The van der Waals surface area contributed by atoms with Gasteiger partial charge in [0.25, 0.3) is 0 Å². The third kappa shape index (κ3) is 4.69. The Hall–Kier alpha value is -3.46. The number of hydrogen-bond acceptors (Lipinski definition) is 9. The molecule has 0 unspecified atom stereocenters. The van der Waals surface area contributed by atoms with Crippen LogP contribution < -0.4 is 29.6 Å². The summed E-state index contributed by atoms with van der Waals surface area (Å²) in [4.78, 5) is 12.9. The molecule has 0 saturated heterocycles. The first kappa shape index (κ1) is 20.3. The second-order valence-corrected chi connectivity index (χ2v) is 6.04. The third-order valence-corrected chi connectivity index (χ3v) is 4.16. The van der Waals surface area contributed by atoms with Crippen LogP contribution in [0.5, 0.6) is 23.0 Å². The maximum absolute atomic E-state index is 6.22. The first-order valence-corrected chi connectivity index (χ1v) is 8.82. The van der Waals surface area contributed by atoms with E-state index in [1.54, 1.807) is 58.9 Å². The molecule has 0 spiro atoms. The molecule has 1 aromatic carbocycles. The molecule has 0 bridgehead atoms. The average Bonchev–Trinajstić information content (AvgIpc) is 2.75. The van der Waals surface area contributed by atoms with Gasteiger partial charge in [0.15, 0.2) is 17.3 Å². The normalized spacial score (nSPS) is 10.2. The number of aromatic nitrogens is 3. The van der Waals surface area contributed by atoms with E-state index in [-0.39, 0.29) is 0 Å². The zero-order valence-corrected chi connectivity index (χ0v) is 17.1. The van der Waals surface area contributed by atoms with Crippen LogP contribution in [-0.4, -0.2) is 43.4 Å².